The smallest absolute Gasteiger partial charge is 0.164 e. The predicted molar refractivity (Wildman–Crippen MR) is 97.7 cm³/mol. The van der Waals surface area contributed by atoms with Crippen LogP contribution in [0.2, 0.25) is 0 Å². The number of fused-ring (bicyclic) bond motifs is 3. The van der Waals surface area contributed by atoms with Gasteiger partial charge in [-0.15, -0.1) is 0 Å². The summed E-state index contributed by atoms with van der Waals surface area (Å²) in [4.78, 5) is 13.2. The van der Waals surface area contributed by atoms with Gasteiger partial charge in [-0.3, -0.25) is 4.79 Å². The lowest BCUT2D eigenvalue weighted by atomic mass is 9.42. The van der Waals surface area contributed by atoms with Crippen LogP contribution in [0.5, 0.6) is 0 Å². The molecule has 0 spiro atoms. The summed E-state index contributed by atoms with van der Waals surface area (Å²) < 4.78 is 0. The van der Waals surface area contributed by atoms with Crippen LogP contribution in [-0.2, 0) is 4.79 Å². The third kappa shape index (κ3) is 2.59. The van der Waals surface area contributed by atoms with Gasteiger partial charge in [-0.05, 0) is 74.3 Å². The zero-order chi connectivity index (χ0) is 17.6. The first-order chi connectivity index (χ1) is 11.3. The van der Waals surface area contributed by atoms with Crippen molar-refractivity contribution in [3.05, 3.63) is 11.6 Å². The SMILES string of the molecule is CNCC1=CC(=O)C2(CO)CCC3C(C)(C)CCCC3(C)C2CC1. The Morgan fingerprint density at radius 2 is 1.92 bits per heavy atom. The lowest BCUT2D eigenvalue weighted by Crippen LogP contribution is -2.58. The van der Waals surface area contributed by atoms with Gasteiger partial charge in [0.05, 0.1) is 12.0 Å². The van der Waals surface area contributed by atoms with Crippen molar-refractivity contribution in [2.24, 2.45) is 28.1 Å². The number of hydrogen-bond donors (Lipinski definition) is 2. The van der Waals surface area contributed by atoms with E-state index < -0.39 is 5.41 Å². The molecule has 3 heteroatoms. The molecule has 0 amide bonds. The monoisotopic (exact) mass is 333 g/mol. The molecule has 0 radical (unpaired) electrons. The molecule has 3 rings (SSSR count). The molecule has 24 heavy (non-hydrogen) atoms. The predicted octanol–water partition coefficient (Wildman–Crippen LogP) is 3.72. The highest BCUT2D eigenvalue weighted by Gasteiger charge is 2.61. The van der Waals surface area contributed by atoms with E-state index in [1.807, 2.05) is 13.1 Å². The fraction of sp³-hybridized carbons (Fsp3) is 0.857. The van der Waals surface area contributed by atoms with Crippen molar-refractivity contribution in [1.29, 1.82) is 0 Å². The number of carbonyl (C=O) groups excluding carboxylic acids is 1. The number of rotatable bonds is 3. The van der Waals surface area contributed by atoms with E-state index in [-0.39, 0.29) is 17.8 Å². The van der Waals surface area contributed by atoms with Crippen molar-refractivity contribution in [1.82, 2.24) is 5.32 Å². The molecule has 0 saturated heterocycles. The Morgan fingerprint density at radius 1 is 1.17 bits per heavy atom. The van der Waals surface area contributed by atoms with Gasteiger partial charge < -0.3 is 10.4 Å². The van der Waals surface area contributed by atoms with Crippen LogP contribution in [0.25, 0.3) is 0 Å². The van der Waals surface area contributed by atoms with E-state index in [9.17, 15) is 9.90 Å². The zero-order valence-electron chi connectivity index (χ0n) is 16.0. The van der Waals surface area contributed by atoms with Crippen LogP contribution in [0.4, 0.5) is 0 Å². The Bertz CT molecular complexity index is 538. The number of allylic oxidation sites excluding steroid dienone is 1. The fourth-order valence-electron chi connectivity index (χ4n) is 6.78. The third-order valence-electron chi connectivity index (χ3n) is 7.88. The highest BCUT2D eigenvalue weighted by atomic mass is 16.3. The van der Waals surface area contributed by atoms with E-state index in [2.05, 4.69) is 26.1 Å². The van der Waals surface area contributed by atoms with Crippen molar-refractivity contribution in [3.63, 3.8) is 0 Å². The van der Waals surface area contributed by atoms with Crippen molar-refractivity contribution >= 4 is 5.78 Å². The molecule has 0 bridgehead atoms. The average Bonchev–Trinajstić information content (AvgIpc) is 2.65. The summed E-state index contributed by atoms with van der Waals surface area (Å²) in [7, 11) is 1.94. The third-order valence-corrected chi connectivity index (χ3v) is 7.88. The van der Waals surface area contributed by atoms with Crippen molar-refractivity contribution in [3.8, 4) is 0 Å². The lowest BCUT2D eigenvalue weighted by molar-refractivity contribution is -0.164. The molecule has 3 nitrogen and oxygen atoms in total. The molecule has 2 saturated carbocycles. The van der Waals surface area contributed by atoms with Gasteiger partial charge in [0.25, 0.3) is 0 Å². The number of aliphatic hydroxyl groups excluding tert-OH is 1. The minimum absolute atomic E-state index is 0.0164. The van der Waals surface area contributed by atoms with Gasteiger partial charge >= 0.3 is 0 Å². The largest absolute Gasteiger partial charge is 0.395 e. The molecule has 4 unspecified atom stereocenters. The van der Waals surface area contributed by atoms with E-state index in [4.69, 9.17) is 0 Å². The number of ketones is 1. The highest BCUT2D eigenvalue weighted by molar-refractivity contribution is 5.96. The van der Waals surface area contributed by atoms with Crippen LogP contribution in [0.3, 0.4) is 0 Å². The van der Waals surface area contributed by atoms with E-state index in [1.165, 1.54) is 24.8 Å². The summed E-state index contributed by atoms with van der Waals surface area (Å²) in [6, 6.07) is 0. The first-order valence-corrected chi connectivity index (χ1v) is 9.79. The molecule has 4 atom stereocenters. The molecule has 0 aliphatic heterocycles. The van der Waals surface area contributed by atoms with E-state index >= 15 is 0 Å². The molecule has 3 aliphatic carbocycles. The zero-order valence-corrected chi connectivity index (χ0v) is 16.0. The molecule has 3 aliphatic rings. The van der Waals surface area contributed by atoms with Gasteiger partial charge in [-0.1, -0.05) is 32.8 Å². The molecule has 136 valence electrons. The Kier molecular flexibility index (Phi) is 4.72. The summed E-state index contributed by atoms with van der Waals surface area (Å²) in [5.41, 5.74) is 1.21. The van der Waals surface area contributed by atoms with Crippen LogP contribution in [0, 0.1) is 28.1 Å². The number of likely N-dealkylation sites (N-methyl/N-ethyl adjacent to an activating group) is 1. The van der Waals surface area contributed by atoms with Crippen LogP contribution >= 0.6 is 0 Å². The maximum absolute atomic E-state index is 13.2. The van der Waals surface area contributed by atoms with Crippen molar-refractivity contribution < 1.29 is 9.90 Å². The molecular formula is C21H35NO2. The van der Waals surface area contributed by atoms with Crippen LogP contribution in [0.15, 0.2) is 11.6 Å². The van der Waals surface area contributed by atoms with Crippen LogP contribution in [0.1, 0.15) is 65.7 Å². The van der Waals surface area contributed by atoms with Gasteiger partial charge in [-0.25, -0.2) is 0 Å². The van der Waals surface area contributed by atoms with Gasteiger partial charge in [0.1, 0.15) is 0 Å². The van der Waals surface area contributed by atoms with E-state index in [0.717, 1.165) is 32.2 Å². The second-order valence-electron chi connectivity index (χ2n) is 9.54. The Labute approximate surface area is 147 Å². The van der Waals surface area contributed by atoms with Gasteiger partial charge in [-0.2, -0.15) is 0 Å². The van der Waals surface area contributed by atoms with Crippen molar-refractivity contribution in [2.45, 2.75) is 65.7 Å². The summed E-state index contributed by atoms with van der Waals surface area (Å²) in [5, 5.41) is 13.6. The van der Waals surface area contributed by atoms with E-state index in [0.29, 0.717) is 17.3 Å². The maximum atomic E-state index is 13.2. The number of nitrogens with one attached hydrogen (secondary N) is 1. The molecule has 0 aromatic carbocycles. The summed E-state index contributed by atoms with van der Waals surface area (Å²) in [6.07, 6.45) is 9.60. The van der Waals surface area contributed by atoms with Gasteiger partial charge in [0.2, 0.25) is 0 Å². The number of aliphatic hydroxyl groups is 1. The molecule has 0 aromatic heterocycles. The molecule has 2 N–H and O–H groups in total. The summed E-state index contributed by atoms with van der Waals surface area (Å²) >= 11 is 0. The number of hydrogen-bond acceptors (Lipinski definition) is 3. The highest BCUT2D eigenvalue weighted by Crippen LogP contribution is 2.65. The van der Waals surface area contributed by atoms with Gasteiger partial charge in [0, 0.05) is 6.54 Å². The summed E-state index contributed by atoms with van der Waals surface area (Å²) in [5.74, 6) is 1.18. The normalized spacial score (nSPS) is 41.9. The lowest BCUT2D eigenvalue weighted by Gasteiger charge is -2.62. The fourth-order valence-corrected chi connectivity index (χ4v) is 6.78. The molecule has 0 heterocycles. The minimum atomic E-state index is -0.534. The molecule has 2 fully saturated rings. The Balaban J connectivity index is 2.01. The Hall–Kier alpha value is -0.670. The first kappa shape index (κ1) is 18.1. The molecule has 0 aromatic rings. The minimum Gasteiger partial charge on any atom is -0.395 e. The average molecular weight is 334 g/mol. The Morgan fingerprint density at radius 3 is 2.58 bits per heavy atom. The van der Waals surface area contributed by atoms with Crippen LogP contribution < -0.4 is 5.32 Å². The quantitative estimate of drug-likeness (QED) is 0.827. The van der Waals surface area contributed by atoms with E-state index in [1.54, 1.807) is 0 Å². The standard InChI is InChI=1S/C21H35NO2/c1-19(2)9-5-10-20(3)16(19)8-11-21(14-23)17(20)7-6-15(13-22-4)12-18(21)24/h12,16-17,22-23H,5-11,13-14H2,1-4H3. The second-order valence-corrected chi connectivity index (χ2v) is 9.54. The topological polar surface area (TPSA) is 49.3 Å². The second kappa shape index (κ2) is 6.25. The summed E-state index contributed by atoms with van der Waals surface area (Å²) in [6.45, 7) is 8.08. The number of carbonyl (C=O) groups is 1. The van der Waals surface area contributed by atoms with Crippen LogP contribution in [-0.4, -0.2) is 31.1 Å². The first-order valence-electron chi connectivity index (χ1n) is 9.79. The molecular weight excluding hydrogens is 298 g/mol. The van der Waals surface area contributed by atoms with Gasteiger partial charge in [0.15, 0.2) is 5.78 Å². The maximum Gasteiger partial charge on any atom is 0.164 e. The van der Waals surface area contributed by atoms with Crippen molar-refractivity contribution in [2.75, 3.05) is 20.2 Å².